The van der Waals surface area contributed by atoms with Gasteiger partial charge in [0.1, 0.15) is 0 Å². The molecule has 0 saturated carbocycles. The van der Waals surface area contributed by atoms with Crippen LogP contribution in [0.1, 0.15) is 16.7 Å². The summed E-state index contributed by atoms with van der Waals surface area (Å²) in [5.74, 6) is 0. The molecule has 9 heteroatoms. The van der Waals surface area contributed by atoms with Crippen LogP contribution in [0.5, 0.6) is 0 Å². The second-order valence-corrected chi connectivity index (χ2v) is 13.4. The number of sulfone groups is 2. The Morgan fingerprint density at radius 2 is 1.27 bits per heavy atom. The molecule has 0 atom stereocenters. The Hall–Kier alpha value is -3.53. The molecule has 0 fully saturated rings. The van der Waals surface area contributed by atoms with Gasteiger partial charge >= 0.3 is 0 Å². The maximum Gasteiger partial charge on any atom is 0.175 e. The van der Waals surface area contributed by atoms with Gasteiger partial charge in [0.2, 0.25) is 0 Å². The van der Waals surface area contributed by atoms with Gasteiger partial charge in [-0.05, 0) is 83.4 Å². The Labute approximate surface area is 217 Å². The lowest BCUT2D eigenvalue weighted by Crippen LogP contribution is -2.15. The zero-order valence-corrected chi connectivity index (χ0v) is 22.2. The van der Waals surface area contributed by atoms with E-state index >= 15 is 0 Å². The van der Waals surface area contributed by atoms with E-state index in [0.29, 0.717) is 0 Å². The molecule has 0 unspecified atom stereocenters. The number of fused-ring (bicyclic) bond motifs is 1. The van der Waals surface area contributed by atoms with Crippen LogP contribution in [0.4, 0.5) is 17.1 Å². The second kappa shape index (κ2) is 9.74. The van der Waals surface area contributed by atoms with Crippen molar-refractivity contribution in [2.24, 2.45) is 0 Å². The third-order valence-electron chi connectivity index (χ3n) is 6.41. The van der Waals surface area contributed by atoms with E-state index in [2.05, 4.69) is 28.1 Å². The SMILES string of the molecule is CS(=O)(=O)c1ccc(N(c2ccc(S(C)(=O)=O)cc2)c2ccc3c(c2)CN(Cc2cccnc2)C3)cc1. The van der Waals surface area contributed by atoms with Crippen LogP contribution in [0.15, 0.2) is 101 Å². The number of pyridine rings is 1. The number of hydrogen-bond acceptors (Lipinski definition) is 7. The predicted octanol–water partition coefficient (Wildman–Crippen LogP) is 4.87. The van der Waals surface area contributed by atoms with Gasteiger partial charge in [0.15, 0.2) is 19.7 Å². The fourth-order valence-electron chi connectivity index (χ4n) is 4.58. The summed E-state index contributed by atoms with van der Waals surface area (Å²) in [7, 11) is -6.66. The third kappa shape index (κ3) is 5.58. The second-order valence-electron chi connectivity index (χ2n) is 9.33. The van der Waals surface area contributed by atoms with Crippen molar-refractivity contribution in [1.82, 2.24) is 9.88 Å². The van der Waals surface area contributed by atoms with Crippen LogP contribution in [0, 0.1) is 0 Å². The Morgan fingerprint density at radius 1 is 0.730 bits per heavy atom. The van der Waals surface area contributed by atoms with Gasteiger partial charge in [-0.15, -0.1) is 0 Å². The first-order valence-corrected chi connectivity index (χ1v) is 15.5. The van der Waals surface area contributed by atoms with Crippen molar-refractivity contribution in [3.63, 3.8) is 0 Å². The number of benzene rings is 3. The fraction of sp³-hybridized carbons (Fsp3) is 0.179. The molecule has 5 rings (SSSR count). The molecule has 0 radical (unpaired) electrons. The number of aromatic nitrogens is 1. The lowest BCUT2D eigenvalue weighted by molar-refractivity contribution is 0.275. The molecule has 1 aliphatic heterocycles. The largest absolute Gasteiger partial charge is 0.310 e. The van der Waals surface area contributed by atoms with Crippen molar-refractivity contribution in [1.29, 1.82) is 0 Å². The highest BCUT2D eigenvalue weighted by molar-refractivity contribution is 7.91. The highest BCUT2D eigenvalue weighted by Gasteiger charge is 2.22. The number of nitrogens with zero attached hydrogens (tertiary/aromatic N) is 3. The summed E-state index contributed by atoms with van der Waals surface area (Å²) in [5.41, 5.74) is 6.07. The van der Waals surface area contributed by atoms with Gasteiger partial charge in [-0.2, -0.15) is 0 Å². The first kappa shape index (κ1) is 25.1. The summed E-state index contributed by atoms with van der Waals surface area (Å²) < 4.78 is 48.0. The van der Waals surface area contributed by atoms with Crippen molar-refractivity contribution in [3.8, 4) is 0 Å². The molecule has 0 spiro atoms. The predicted molar refractivity (Wildman–Crippen MR) is 145 cm³/mol. The molecule has 1 aliphatic rings. The molecule has 190 valence electrons. The molecule has 0 bridgehead atoms. The van der Waals surface area contributed by atoms with E-state index in [0.717, 1.165) is 42.3 Å². The average molecular weight is 534 g/mol. The van der Waals surface area contributed by atoms with Crippen molar-refractivity contribution in [3.05, 3.63) is 108 Å². The Morgan fingerprint density at radius 3 is 1.78 bits per heavy atom. The minimum absolute atomic E-state index is 0.239. The smallest absolute Gasteiger partial charge is 0.175 e. The molecule has 2 heterocycles. The Bertz CT molecular complexity index is 1560. The van der Waals surface area contributed by atoms with Crippen LogP contribution in [0.25, 0.3) is 0 Å². The molecular formula is C28H27N3O4S2. The van der Waals surface area contributed by atoms with Crippen LogP contribution in [-0.2, 0) is 39.3 Å². The van der Waals surface area contributed by atoms with Gasteiger partial charge < -0.3 is 4.90 Å². The lowest BCUT2D eigenvalue weighted by Gasteiger charge is -2.26. The molecule has 4 aromatic rings. The van der Waals surface area contributed by atoms with Crippen molar-refractivity contribution < 1.29 is 16.8 Å². The van der Waals surface area contributed by atoms with Crippen LogP contribution in [0.2, 0.25) is 0 Å². The zero-order chi connectivity index (χ0) is 26.2. The highest BCUT2D eigenvalue weighted by Crippen LogP contribution is 2.38. The van der Waals surface area contributed by atoms with Gasteiger partial charge in [-0.1, -0.05) is 12.1 Å². The van der Waals surface area contributed by atoms with E-state index in [1.165, 1.54) is 23.6 Å². The molecule has 0 N–H and O–H groups in total. The van der Waals surface area contributed by atoms with Crippen molar-refractivity contribution >= 4 is 36.7 Å². The zero-order valence-electron chi connectivity index (χ0n) is 20.6. The van der Waals surface area contributed by atoms with Crippen molar-refractivity contribution in [2.45, 2.75) is 29.4 Å². The monoisotopic (exact) mass is 533 g/mol. The van der Waals surface area contributed by atoms with E-state index in [1.807, 2.05) is 23.2 Å². The highest BCUT2D eigenvalue weighted by atomic mass is 32.2. The first-order chi connectivity index (χ1) is 17.6. The fourth-order valence-corrected chi connectivity index (χ4v) is 5.85. The number of rotatable bonds is 7. The topological polar surface area (TPSA) is 87.7 Å². The minimum atomic E-state index is -3.33. The first-order valence-electron chi connectivity index (χ1n) is 11.7. The summed E-state index contributed by atoms with van der Waals surface area (Å²) >= 11 is 0. The third-order valence-corrected chi connectivity index (χ3v) is 8.67. The van der Waals surface area contributed by atoms with Gasteiger partial charge in [0, 0.05) is 61.6 Å². The normalized spacial score (nSPS) is 13.9. The maximum atomic E-state index is 12.0. The van der Waals surface area contributed by atoms with Crippen LogP contribution in [-0.4, -0.2) is 39.2 Å². The number of anilines is 3. The van der Waals surface area contributed by atoms with E-state index < -0.39 is 19.7 Å². The quantitative estimate of drug-likeness (QED) is 0.335. The van der Waals surface area contributed by atoms with Crippen molar-refractivity contribution in [2.75, 3.05) is 17.4 Å². The molecule has 0 amide bonds. The van der Waals surface area contributed by atoms with Gasteiger partial charge in [-0.25, -0.2) is 16.8 Å². The summed E-state index contributed by atoms with van der Waals surface area (Å²) in [6.07, 6.45) is 6.02. The molecule has 0 aliphatic carbocycles. The summed E-state index contributed by atoms with van der Waals surface area (Å²) in [6, 6.07) is 23.7. The Kier molecular flexibility index (Phi) is 6.61. The summed E-state index contributed by atoms with van der Waals surface area (Å²) in [6.45, 7) is 2.45. The van der Waals surface area contributed by atoms with E-state index in [4.69, 9.17) is 0 Å². The lowest BCUT2D eigenvalue weighted by atomic mass is 10.1. The minimum Gasteiger partial charge on any atom is -0.310 e. The molecule has 37 heavy (non-hydrogen) atoms. The number of hydrogen-bond donors (Lipinski definition) is 0. The van der Waals surface area contributed by atoms with Gasteiger partial charge in [0.05, 0.1) is 9.79 Å². The molecular weight excluding hydrogens is 506 g/mol. The Balaban J connectivity index is 1.51. The average Bonchev–Trinajstić information content (AvgIpc) is 3.26. The van der Waals surface area contributed by atoms with E-state index in [9.17, 15) is 16.8 Å². The molecule has 1 aromatic heterocycles. The maximum absolute atomic E-state index is 12.0. The molecule has 0 saturated heterocycles. The van der Waals surface area contributed by atoms with Gasteiger partial charge in [0.25, 0.3) is 0 Å². The van der Waals surface area contributed by atoms with Crippen LogP contribution in [0.3, 0.4) is 0 Å². The van der Waals surface area contributed by atoms with E-state index in [-0.39, 0.29) is 9.79 Å². The molecule has 3 aromatic carbocycles. The summed E-state index contributed by atoms with van der Waals surface area (Å²) in [4.78, 5) is 9.05. The van der Waals surface area contributed by atoms with Gasteiger partial charge in [-0.3, -0.25) is 9.88 Å². The molecule has 7 nitrogen and oxygen atoms in total. The standard InChI is InChI=1S/C28H27N3O4S2/c1-36(32,33)27-11-7-24(8-12-27)31(25-9-13-28(14-10-25)37(2,34)35)26-6-5-22-19-30(20-23(22)16-26)18-21-4-3-15-29-17-21/h3-17H,18-20H2,1-2H3. The van der Waals surface area contributed by atoms with Crippen LogP contribution < -0.4 is 4.90 Å². The summed E-state index contributed by atoms with van der Waals surface area (Å²) in [5, 5.41) is 0. The van der Waals surface area contributed by atoms with Crippen LogP contribution >= 0.6 is 0 Å². The van der Waals surface area contributed by atoms with E-state index in [1.54, 1.807) is 54.7 Å².